The SMILES string of the molecule is COc1cc(NC(=O)COC(=O)c2cc3c(s2)CCCCC3)cc(OC)c1. The summed E-state index contributed by atoms with van der Waals surface area (Å²) in [6.07, 6.45) is 5.58. The maximum absolute atomic E-state index is 12.3. The van der Waals surface area contributed by atoms with Gasteiger partial charge in [-0.15, -0.1) is 11.3 Å². The first-order valence-corrected chi connectivity index (χ1v) is 9.72. The van der Waals surface area contributed by atoms with Crippen LogP contribution in [0.15, 0.2) is 24.3 Å². The molecule has 144 valence electrons. The molecule has 1 N–H and O–H groups in total. The van der Waals surface area contributed by atoms with E-state index < -0.39 is 11.9 Å². The molecular weight excluding hydrogens is 366 g/mol. The fraction of sp³-hybridized carbons (Fsp3) is 0.400. The number of esters is 1. The normalized spacial score (nSPS) is 13.3. The Morgan fingerprint density at radius 3 is 2.41 bits per heavy atom. The average Bonchev–Trinajstić information content (AvgIpc) is 2.96. The fourth-order valence-electron chi connectivity index (χ4n) is 3.05. The van der Waals surface area contributed by atoms with Gasteiger partial charge in [-0.3, -0.25) is 4.79 Å². The number of carbonyl (C=O) groups excluding carboxylic acids is 2. The van der Waals surface area contributed by atoms with E-state index in [-0.39, 0.29) is 6.61 Å². The maximum Gasteiger partial charge on any atom is 0.348 e. The molecule has 3 rings (SSSR count). The van der Waals surface area contributed by atoms with Crippen LogP contribution in [-0.4, -0.2) is 32.7 Å². The number of aryl methyl sites for hydroxylation is 2. The highest BCUT2D eigenvalue weighted by atomic mass is 32.1. The van der Waals surface area contributed by atoms with E-state index in [9.17, 15) is 9.59 Å². The number of thiophene rings is 1. The molecule has 0 unspecified atom stereocenters. The minimum atomic E-state index is -0.452. The summed E-state index contributed by atoms with van der Waals surface area (Å²) in [5.74, 6) is 0.242. The standard InChI is InChI=1S/C20H23NO5S/c1-24-15-9-14(10-16(11-15)25-2)21-19(22)12-26-20(23)18-8-13-6-4-3-5-7-17(13)27-18/h8-11H,3-7,12H2,1-2H3,(H,21,22). The van der Waals surface area contributed by atoms with Gasteiger partial charge in [0.05, 0.1) is 14.2 Å². The van der Waals surface area contributed by atoms with Gasteiger partial charge < -0.3 is 19.5 Å². The summed E-state index contributed by atoms with van der Waals surface area (Å²) in [5, 5.41) is 2.68. The van der Waals surface area contributed by atoms with E-state index in [1.807, 2.05) is 6.07 Å². The first-order valence-electron chi connectivity index (χ1n) is 8.90. The van der Waals surface area contributed by atoms with Crippen LogP contribution >= 0.6 is 11.3 Å². The van der Waals surface area contributed by atoms with Crippen molar-refractivity contribution in [2.75, 3.05) is 26.1 Å². The third-order valence-electron chi connectivity index (χ3n) is 4.42. The van der Waals surface area contributed by atoms with Crippen LogP contribution in [0.3, 0.4) is 0 Å². The highest BCUT2D eigenvalue weighted by Gasteiger charge is 2.18. The molecule has 0 aliphatic heterocycles. The first-order chi connectivity index (χ1) is 13.1. The van der Waals surface area contributed by atoms with Crippen LogP contribution in [0.1, 0.15) is 39.4 Å². The Kier molecular flexibility index (Phi) is 6.34. The number of fused-ring (bicyclic) bond motifs is 1. The van der Waals surface area contributed by atoms with Crippen molar-refractivity contribution >= 4 is 28.9 Å². The third kappa shape index (κ3) is 5.01. The smallest absolute Gasteiger partial charge is 0.348 e. The summed E-state index contributed by atoms with van der Waals surface area (Å²) in [6.45, 7) is -0.346. The van der Waals surface area contributed by atoms with E-state index in [0.717, 1.165) is 25.7 Å². The number of hydrogen-bond acceptors (Lipinski definition) is 6. The van der Waals surface area contributed by atoms with Crippen LogP contribution in [0.25, 0.3) is 0 Å². The predicted octanol–water partition coefficient (Wildman–Crippen LogP) is 3.83. The second-order valence-electron chi connectivity index (χ2n) is 6.35. The molecule has 0 radical (unpaired) electrons. The van der Waals surface area contributed by atoms with Crippen molar-refractivity contribution in [3.05, 3.63) is 39.6 Å². The van der Waals surface area contributed by atoms with E-state index in [1.165, 1.54) is 42.4 Å². The molecular formula is C20H23NO5S. The molecule has 2 aromatic rings. The lowest BCUT2D eigenvalue weighted by molar-refractivity contribution is -0.119. The summed E-state index contributed by atoms with van der Waals surface area (Å²) >= 11 is 1.48. The topological polar surface area (TPSA) is 73.9 Å². The zero-order valence-electron chi connectivity index (χ0n) is 15.5. The summed E-state index contributed by atoms with van der Waals surface area (Å²) < 4.78 is 15.5. The first kappa shape index (κ1) is 19.2. The molecule has 0 spiro atoms. The largest absolute Gasteiger partial charge is 0.497 e. The Bertz CT molecular complexity index is 784. The van der Waals surface area contributed by atoms with Crippen LogP contribution in [0.2, 0.25) is 0 Å². The molecule has 0 saturated heterocycles. The van der Waals surface area contributed by atoms with Gasteiger partial charge in [-0.25, -0.2) is 4.79 Å². The lowest BCUT2D eigenvalue weighted by Crippen LogP contribution is -2.20. The number of methoxy groups -OCH3 is 2. The zero-order valence-corrected chi connectivity index (χ0v) is 16.3. The van der Waals surface area contributed by atoms with E-state index in [4.69, 9.17) is 14.2 Å². The van der Waals surface area contributed by atoms with Crippen molar-refractivity contribution < 1.29 is 23.8 Å². The Hall–Kier alpha value is -2.54. The summed E-state index contributed by atoms with van der Waals surface area (Å²) in [7, 11) is 3.06. The number of nitrogens with one attached hydrogen (secondary N) is 1. The van der Waals surface area contributed by atoms with Crippen molar-refractivity contribution in [3.8, 4) is 11.5 Å². The molecule has 0 fully saturated rings. The number of amides is 1. The molecule has 1 aromatic carbocycles. The second kappa shape index (κ2) is 8.90. The number of carbonyl (C=O) groups is 2. The van der Waals surface area contributed by atoms with Crippen molar-refractivity contribution in [3.63, 3.8) is 0 Å². The van der Waals surface area contributed by atoms with Crippen LogP contribution < -0.4 is 14.8 Å². The molecule has 6 nitrogen and oxygen atoms in total. The quantitative estimate of drug-likeness (QED) is 0.600. The second-order valence-corrected chi connectivity index (χ2v) is 7.48. The number of anilines is 1. The minimum Gasteiger partial charge on any atom is -0.497 e. The van der Waals surface area contributed by atoms with Gasteiger partial charge >= 0.3 is 5.97 Å². The molecule has 27 heavy (non-hydrogen) atoms. The Morgan fingerprint density at radius 1 is 1.00 bits per heavy atom. The highest BCUT2D eigenvalue weighted by molar-refractivity contribution is 7.14. The molecule has 0 bridgehead atoms. The molecule has 0 atom stereocenters. The van der Waals surface area contributed by atoms with Crippen molar-refractivity contribution in [2.24, 2.45) is 0 Å². The van der Waals surface area contributed by atoms with E-state index >= 15 is 0 Å². The lowest BCUT2D eigenvalue weighted by Gasteiger charge is -2.10. The van der Waals surface area contributed by atoms with Gasteiger partial charge in [-0.05, 0) is 37.3 Å². The van der Waals surface area contributed by atoms with Gasteiger partial charge in [0.2, 0.25) is 0 Å². The molecule has 1 aromatic heterocycles. The monoisotopic (exact) mass is 389 g/mol. The van der Waals surface area contributed by atoms with Crippen LogP contribution in [0.5, 0.6) is 11.5 Å². The molecule has 1 amide bonds. The summed E-state index contributed by atoms with van der Waals surface area (Å²) in [6, 6.07) is 6.95. The third-order valence-corrected chi connectivity index (χ3v) is 5.63. The van der Waals surface area contributed by atoms with Crippen molar-refractivity contribution in [1.29, 1.82) is 0 Å². The number of rotatable bonds is 6. The van der Waals surface area contributed by atoms with Crippen LogP contribution in [0.4, 0.5) is 5.69 Å². The van der Waals surface area contributed by atoms with E-state index in [2.05, 4.69) is 5.32 Å². The van der Waals surface area contributed by atoms with Gasteiger partial charge in [-0.2, -0.15) is 0 Å². The Labute approximate surface area is 162 Å². The Morgan fingerprint density at radius 2 is 1.70 bits per heavy atom. The van der Waals surface area contributed by atoms with E-state index in [1.54, 1.807) is 18.2 Å². The summed E-state index contributed by atoms with van der Waals surface area (Å²) in [4.78, 5) is 26.2. The minimum absolute atomic E-state index is 0.346. The molecule has 1 heterocycles. The van der Waals surface area contributed by atoms with Crippen LogP contribution in [-0.2, 0) is 22.4 Å². The number of benzene rings is 1. The van der Waals surface area contributed by atoms with Gasteiger partial charge in [0.15, 0.2) is 6.61 Å². The molecule has 1 aliphatic carbocycles. The van der Waals surface area contributed by atoms with Gasteiger partial charge in [-0.1, -0.05) is 6.42 Å². The highest BCUT2D eigenvalue weighted by Crippen LogP contribution is 2.29. The zero-order chi connectivity index (χ0) is 19.2. The van der Waals surface area contributed by atoms with Gasteiger partial charge in [0.1, 0.15) is 16.4 Å². The number of ether oxygens (including phenoxy) is 3. The lowest BCUT2D eigenvalue weighted by atomic mass is 10.1. The Balaban J connectivity index is 1.57. The molecule has 0 saturated carbocycles. The van der Waals surface area contributed by atoms with Gasteiger partial charge in [0.25, 0.3) is 5.91 Å². The average molecular weight is 389 g/mol. The van der Waals surface area contributed by atoms with Crippen molar-refractivity contribution in [1.82, 2.24) is 0 Å². The number of hydrogen-bond donors (Lipinski definition) is 1. The molecule has 7 heteroatoms. The predicted molar refractivity (Wildman–Crippen MR) is 104 cm³/mol. The van der Waals surface area contributed by atoms with Crippen LogP contribution in [0, 0.1) is 0 Å². The van der Waals surface area contributed by atoms with Gasteiger partial charge in [0, 0.05) is 28.8 Å². The maximum atomic E-state index is 12.3. The molecule has 1 aliphatic rings. The van der Waals surface area contributed by atoms with E-state index in [0.29, 0.717) is 22.1 Å². The van der Waals surface area contributed by atoms with Crippen molar-refractivity contribution in [2.45, 2.75) is 32.1 Å². The fourth-order valence-corrected chi connectivity index (χ4v) is 4.19. The summed E-state index contributed by atoms with van der Waals surface area (Å²) in [5.41, 5.74) is 1.76.